The molecule has 0 aromatic carbocycles. The molecule has 0 fully saturated rings. The van der Waals surface area contributed by atoms with Gasteiger partial charge in [-0.25, -0.2) is 18.5 Å². The number of amides is 1. The van der Waals surface area contributed by atoms with Crippen LogP contribution in [0.1, 0.15) is 10.5 Å². The van der Waals surface area contributed by atoms with Gasteiger partial charge in [-0.15, -0.1) is 0 Å². The molecule has 2 heterocycles. The lowest BCUT2D eigenvalue weighted by Crippen LogP contribution is -2.18. The second kappa shape index (κ2) is 5.19. The number of halogens is 1. The van der Waals surface area contributed by atoms with Crippen LogP contribution in [0.2, 0.25) is 5.02 Å². The van der Waals surface area contributed by atoms with Crippen molar-refractivity contribution in [3.8, 4) is 0 Å². The van der Waals surface area contributed by atoms with Crippen molar-refractivity contribution in [1.29, 1.82) is 0 Å². The van der Waals surface area contributed by atoms with Gasteiger partial charge in [-0.2, -0.15) is 5.10 Å². The molecule has 3 N–H and O–H groups in total. The van der Waals surface area contributed by atoms with Gasteiger partial charge >= 0.3 is 0 Å². The Bertz CT molecular complexity index is 754. The van der Waals surface area contributed by atoms with E-state index in [1.807, 2.05) is 0 Å². The lowest BCUT2D eigenvalue weighted by Gasteiger charge is -2.03. The summed E-state index contributed by atoms with van der Waals surface area (Å²) in [6.07, 6.45) is 2.50. The van der Waals surface area contributed by atoms with E-state index in [1.54, 1.807) is 0 Å². The highest BCUT2D eigenvalue weighted by Crippen LogP contribution is 2.18. The number of anilines is 1. The van der Waals surface area contributed by atoms with Crippen LogP contribution in [-0.2, 0) is 17.1 Å². The number of pyridine rings is 1. The number of aromatic nitrogens is 3. The number of nitrogens with zero attached hydrogens (tertiary/aromatic N) is 3. The Morgan fingerprint density at radius 3 is 2.70 bits per heavy atom. The minimum atomic E-state index is -3.99. The van der Waals surface area contributed by atoms with Crippen LogP contribution in [-0.4, -0.2) is 29.1 Å². The number of nitrogens with two attached hydrogens (primary N) is 1. The Hall–Kier alpha value is -1.97. The van der Waals surface area contributed by atoms with Crippen molar-refractivity contribution in [1.82, 2.24) is 14.8 Å². The van der Waals surface area contributed by atoms with Crippen molar-refractivity contribution < 1.29 is 13.2 Å². The third kappa shape index (κ3) is 3.13. The average molecular weight is 316 g/mol. The monoisotopic (exact) mass is 315 g/mol. The SMILES string of the molecule is Cn1cc(S(N)(=O)=O)c(NC(=O)c2ccc(Cl)cn2)n1. The predicted octanol–water partition coefficient (Wildman–Crippen LogP) is 0.368. The molecule has 2 aromatic rings. The van der Waals surface area contributed by atoms with Gasteiger partial charge in [0, 0.05) is 19.4 Å². The fraction of sp³-hybridized carbons (Fsp3) is 0.100. The maximum absolute atomic E-state index is 11.9. The summed E-state index contributed by atoms with van der Waals surface area (Å²) in [6, 6.07) is 2.89. The molecule has 0 unspecified atom stereocenters. The summed E-state index contributed by atoms with van der Waals surface area (Å²) in [7, 11) is -2.48. The van der Waals surface area contributed by atoms with Crippen molar-refractivity contribution in [2.24, 2.45) is 12.2 Å². The first-order valence-corrected chi connectivity index (χ1v) is 7.19. The molecule has 8 nitrogen and oxygen atoms in total. The second-order valence-corrected chi connectivity index (χ2v) is 5.84. The molecule has 0 saturated heterocycles. The summed E-state index contributed by atoms with van der Waals surface area (Å²) in [5.74, 6) is -0.776. The van der Waals surface area contributed by atoms with Crippen molar-refractivity contribution in [2.75, 3.05) is 5.32 Å². The zero-order chi connectivity index (χ0) is 14.9. The lowest BCUT2D eigenvalue weighted by molar-refractivity contribution is 0.102. The fourth-order valence-electron chi connectivity index (χ4n) is 1.44. The van der Waals surface area contributed by atoms with E-state index in [0.717, 1.165) is 0 Å². The topological polar surface area (TPSA) is 120 Å². The zero-order valence-electron chi connectivity index (χ0n) is 10.2. The van der Waals surface area contributed by atoms with Crippen molar-refractivity contribution in [2.45, 2.75) is 4.90 Å². The van der Waals surface area contributed by atoms with Gasteiger partial charge in [0.05, 0.1) is 5.02 Å². The highest BCUT2D eigenvalue weighted by molar-refractivity contribution is 7.89. The van der Waals surface area contributed by atoms with Crippen molar-refractivity contribution in [3.05, 3.63) is 35.2 Å². The quantitative estimate of drug-likeness (QED) is 0.847. The molecule has 0 radical (unpaired) electrons. The summed E-state index contributed by atoms with van der Waals surface area (Å²) >= 11 is 5.66. The van der Waals surface area contributed by atoms with Crippen LogP contribution in [0.5, 0.6) is 0 Å². The number of rotatable bonds is 3. The Balaban J connectivity index is 2.31. The van der Waals surface area contributed by atoms with Crippen LogP contribution in [0, 0.1) is 0 Å². The van der Waals surface area contributed by atoms with Gasteiger partial charge in [0.2, 0.25) is 10.0 Å². The molecule has 0 aliphatic heterocycles. The zero-order valence-corrected chi connectivity index (χ0v) is 11.8. The number of hydrogen-bond acceptors (Lipinski definition) is 5. The van der Waals surface area contributed by atoms with Gasteiger partial charge in [-0.1, -0.05) is 11.6 Å². The Morgan fingerprint density at radius 1 is 1.45 bits per heavy atom. The van der Waals surface area contributed by atoms with Gasteiger partial charge in [0.25, 0.3) is 5.91 Å². The molecule has 10 heteroatoms. The van der Waals surface area contributed by atoms with E-state index in [4.69, 9.17) is 16.7 Å². The third-order valence-corrected chi connectivity index (χ3v) is 3.43. The van der Waals surface area contributed by atoms with E-state index in [2.05, 4.69) is 15.4 Å². The molecule has 20 heavy (non-hydrogen) atoms. The Labute approximate surface area is 119 Å². The molecule has 0 atom stereocenters. The number of nitrogens with one attached hydrogen (secondary N) is 1. The normalized spacial score (nSPS) is 11.3. The Kier molecular flexibility index (Phi) is 3.75. The van der Waals surface area contributed by atoms with Crippen LogP contribution < -0.4 is 10.5 Å². The minimum absolute atomic E-state index is 0.0698. The largest absolute Gasteiger partial charge is 0.303 e. The minimum Gasteiger partial charge on any atom is -0.303 e. The van der Waals surface area contributed by atoms with E-state index < -0.39 is 15.9 Å². The van der Waals surface area contributed by atoms with Gasteiger partial charge < -0.3 is 5.32 Å². The molecule has 2 rings (SSSR count). The number of primary sulfonamides is 1. The van der Waals surface area contributed by atoms with Crippen molar-refractivity contribution in [3.63, 3.8) is 0 Å². The average Bonchev–Trinajstić information content (AvgIpc) is 2.71. The number of carbonyl (C=O) groups excluding carboxylic acids is 1. The fourth-order valence-corrected chi connectivity index (χ4v) is 2.22. The third-order valence-electron chi connectivity index (χ3n) is 2.29. The molecule has 0 aliphatic carbocycles. The first kappa shape index (κ1) is 14.4. The van der Waals surface area contributed by atoms with E-state index in [1.165, 1.54) is 36.3 Å². The molecule has 0 saturated carbocycles. The summed E-state index contributed by atoms with van der Waals surface area (Å²) in [5.41, 5.74) is 0.0698. The summed E-state index contributed by atoms with van der Waals surface area (Å²) < 4.78 is 24.0. The van der Waals surface area contributed by atoms with E-state index >= 15 is 0 Å². The summed E-state index contributed by atoms with van der Waals surface area (Å²) in [5, 5.41) is 11.6. The highest BCUT2D eigenvalue weighted by atomic mass is 35.5. The molecule has 1 amide bonds. The van der Waals surface area contributed by atoms with Crippen LogP contribution in [0.4, 0.5) is 5.82 Å². The summed E-state index contributed by atoms with van der Waals surface area (Å²) in [6.45, 7) is 0. The molecule has 2 aromatic heterocycles. The number of carbonyl (C=O) groups is 1. The maximum atomic E-state index is 11.9. The number of hydrogen-bond donors (Lipinski definition) is 2. The predicted molar refractivity (Wildman–Crippen MR) is 71.8 cm³/mol. The number of sulfonamides is 1. The lowest BCUT2D eigenvalue weighted by atomic mass is 10.3. The van der Waals surface area contributed by atoms with Crippen LogP contribution in [0.25, 0.3) is 0 Å². The van der Waals surface area contributed by atoms with E-state index in [0.29, 0.717) is 5.02 Å². The molecule has 0 aliphatic rings. The first-order valence-electron chi connectivity index (χ1n) is 5.27. The van der Waals surface area contributed by atoms with Gasteiger partial charge in [-0.05, 0) is 12.1 Å². The molecule has 106 valence electrons. The van der Waals surface area contributed by atoms with Gasteiger partial charge in [0.1, 0.15) is 10.6 Å². The smallest absolute Gasteiger partial charge is 0.275 e. The van der Waals surface area contributed by atoms with Gasteiger partial charge in [0.15, 0.2) is 5.82 Å². The molecular formula is C10H10ClN5O3S. The molecule has 0 bridgehead atoms. The van der Waals surface area contributed by atoms with Crippen LogP contribution in [0.15, 0.2) is 29.4 Å². The summed E-state index contributed by atoms with van der Waals surface area (Å²) in [4.78, 5) is 15.5. The second-order valence-electron chi connectivity index (χ2n) is 3.88. The highest BCUT2D eigenvalue weighted by Gasteiger charge is 2.20. The van der Waals surface area contributed by atoms with E-state index in [-0.39, 0.29) is 16.4 Å². The Morgan fingerprint density at radius 2 is 2.15 bits per heavy atom. The van der Waals surface area contributed by atoms with E-state index in [9.17, 15) is 13.2 Å². The maximum Gasteiger partial charge on any atom is 0.275 e. The van der Waals surface area contributed by atoms with Crippen LogP contribution in [0.3, 0.4) is 0 Å². The van der Waals surface area contributed by atoms with Crippen molar-refractivity contribution >= 4 is 33.3 Å². The van der Waals surface area contributed by atoms with Crippen LogP contribution >= 0.6 is 11.6 Å². The molecular weight excluding hydrogens is 306 g/mol. The number of aryl methyl sites for hydroxylation is 1. The standard InChI is InChI=1S/C10H10ClN5O3S/c1-16-5-8(20(12,18)19)9(15-16)14-10(17)7-3-2-6(11)4-13-7/h2-5H,1H3,(H2,12,18,19)(H,14,15,17). The first-order chi connectivity index (χ1) is 9.27. The molecule has 0 spiro atoms. The van der Waals surface area contributed by atoms with Gasteiger partial charge in [-0.3, -0.25) is 9.48 Å².